The molecule has 0 spiro atoms. The Kier molecular flexibility index (Phi) is 6.02. The number of amides is 2. The SMILES string of the molecule is COc1ccccc1CN1C[C@@H](C(=O)NCCC(C)C)CC1=O. The van der Waals surface area contributed by atoms with Crippen molar-refractivity contribution < 1.29 is 14.3 Å². The van der Waals surface area contributed by atoms with E-state index in [1.54, 1.807) is 12.0 Å². The Labute approximate surface area is 138 Å². The first-order valence-electron chi connectivity index (χ1n) is 8.18. The van der Waals surface area contributed by atoms with Crippen molar-refractivity contribution in [3.8, 4) is 5.75 Å². The zero-order valence-corrected chi connectivity index (χ0v) is 14.2. The first-order chi connectivity index (χ1) is 11.0. The van der Waals surface area contributed by atoms with Crippen molar-refractivity contribution in [3.05, 3.63) is 29.8 Å². The number of methoxy groups -OCH3 is 1. The molecule has 1 aliphatic heterocycles. The molecule has 2 rings (SSSR count). The largest absolute Gasteiger partial charge is 0.496 e. The average molecular weight is 318 g/mol. The summed E-state index contributed by atoms with van der Waals surface area (Å²) in [5.74, 6) is 1.10. The molecule has 5 nitrogen and oxygen atoms in total. The van der Waals surface area contributed by atoms with Crippen molar-refractivity contribution in [1.82, 2.24) is 10.2 Å². The molecule has 1 aromatic carbocycles. The minimum absolute atomic E-state index is 0.0125. The molecular formula is C18H26N2O3. The second-order valence-electron chi connectivity index (χ2n) is 6.46. The number of benzene rings is 1. The van der Waals surface area contributed by atoms with Crippen molar-refractivity contribution in [2.45, 2.75) is 33.2 Å². The highest BCUT2D eigenvalue weighted by Gasteiger charge is 2.34. The van der Waals surface area contributed by atoms with Gasteiger partial charge in [-0.3, -0.25) is 9.59 Å². The Morgan fingerprint density at radius 1 is 1.39 bits per heavy atom. The summed E-state index contributed by atoms with van der Waals surface area (Å²) >= 11 is 0. The maximum atomic E-state index is 12.2. The fourth-order valence-electron chi connectivity index (χ4n) is 2.77. The van der Waals surface area contributed by atoms with E-state index in [4.69, 9.17) is 4.74 Å². The van der Waals surface area contributed by atoms with E-state index in [-0.39, 0.29) is 17.7 Å². The molecule has 5 heteroatoms. The predicted molar refractivity (Wildman–Crippen MR) is 89.0 cm³/mol. The van der Waals surface area contributed by atoms with E-state index in [0.717, 1.165) is 17.7 Å². The molecule has 2 amide bonds. The Morgan fingerprint density at radius 3 is 2.83 bits per heavy atom. The standard InChI is InChI=1S/C18H26N2O3/c1-13(2)8-9-19-18(22)15-10-17(21)20(12-15)11-14-6-4-5-7-16(14)23-3/h4-7,13,15H,8-12H2,1-3H3,(H,19,22)/t15-/m0/s1. The molecule has 0 bridgehead atoms. The summed E-state index contributed by atoms with van der Waals surface area (Å²) in [5, 5.41) is 2.94. The topological polar surface area (TPSA) is 58.6 Å². The number of carbonyl (C=O) groups excluding carboxylic acids is 2. The Balaban J connectivity index is 1.91. The lowest BCUT2D eigenvalue weighted by Crippen LogP contribution is -2.33. The number of ether oxygens (including phenoxy) is 1. The molecule has 0 aromatic heterocycles. The molecule has 23 heavy (non-hydrogen) atoms. The van der Waals surface area contributed by atoms with Crippen LogP contribution in [0, 0.1) is 11.8 Å². The third-order valence-electron chi connectivity index (χ3n) is 4.16. The van der Waals surface area contributed by atoms with E-state index >= 15 is 0 Å². The third-order valence-corrected chi connectivity index (χ3v) is 4.16. The number of likely N-dealkylation sites (tertiary alicyclic amines) is 1. The molecule has 1 aromatic rings. The summed E-state index contributed by atoms with van der Waals surface area (Å²) in [6, 6.07) is 7.65. The molecule has 1 saturated heterocycles. The van der Waals surface area contributed by atoms with Gasteiger partial charge in [-0.05, 0) is 18.4 Å². The number of hydrogen-bond donors (Lipinski definition) is 1. The quantitative estimate of drug-likeness (QED) is 0.838. The highest BCUT2D eigenvalue weighted by molar-refractivity contribution is 5.89. The Bertz CT molecular complexity index is 557. The number of nitrogens with one attached hydrogen (secondary N) is 1. The van der Waals surface area contributed by atoms with Gasteiger partial charge in [-0.15, -0.1) is 0 Å². The van der Waals surface area contributed by atoms with E-state index in [0.29, 0.717) is 32.0 Å². The maximum absolute atomic E-state index is 12.2. The van der Waals surface area contributed by atoms with Gasteiger partial charge in [0, 0.05) is 31.6 Å². The van der Waals surface area contributed by atoms with Crippen LogP contribution in [0.2, 0.25) is 0 Å². The van der Waals surface area contributed by atoms with Crippen LogP contribution in [-0.2, 0) is 16.1 Å². The number of nitrogens with zero attached hydrogens (tertiary/aromatic N) is 1. The van der Waals surface area contributed by atoms with Crippen LogP contribution in [0.5, 0.6) is 5.75 Å². The van der Waals surface area contributed by atoms with Crippen LogP contribution in [-0.4, -0.2) is 36.9 Å². The number of rotatable bonds is 7. The summed E-state index contributed by atoms with van der Waals surface area (Å²) in [7, 11) is 1.62. The molecule has 0 unspecified atom stereocenters. The van der Waals surface area contributed by atoms with Gasteiger partial charge in [0.1, 0.15) is 5.75 Å². The zero-order valence-electron chi connectivity index (χ0n) is 14.2. The van der Waals surface area contributed by atoms with Crippen LogP contribution in [0.3, 0.4) is 0 Å². The van der Waals surface area contributed by atoms with E-state index in [2.05, 4.69) is 19.2 Å². The first kappa shape index (κ1) is 17.3. The maximum Gasteiger partial charge on any atom is 0.225 e. The van der Waals surface area contributed by atoms with Crippen molar-refractivity contribution in [2.24, 2.45) is 11.8 Å². The third kappa shape index (κ3) is 4.71. The fraction of sp³-hybridized carbons (Fsp3) is 0.556. The molecule has 1 heterocycles. The van der Waals surface area contributed by atoms with E-state index in [1.807, 2.05) is 24.3 Å². The van der Waals surface area contributed by atoms with Crippen LogP contribution >= 0.6 is 0 Å². The Morgan fingerprint density at radius 2 is 2.13 bits per heavy atom. The second kappa shape index (κ2) is 7.99. The smallest absolute Gasteiger partial charge is 0.225 e. The number of para-hydroxylation sites is 1. The number of carbonyl (C=O) groups is 2. The monoisotopic (exact) mass is 318 g/mol. The molecule has 0 radical (unpaired) electrons. The van der Waals surface area contributed by atoms with E-state index < -0.39 is 0 Å². The molecule has 1 N–H and O–H groups in total. The number of hydrogen-bond acceptors (Lipinski definition) is 3. The summed E-state index contributed by atoms with van der Waals surface area (Å²) in [4.78, 5) is 26.1. The zero-order chi connectivity index (χ0) is 16.8. The molecule has 1 aliphatic rings. The lowest BCUT2D eigenvalue weighted by atomic mass is 10.1. The predicted octanol–water partition coefficient (Wildman–Crippen LogP) is 2.21. The molecular weight excluding hydrogens is 292 g/mol. The van der Waals surface area contributed by atoms with Gasteiger partial charge in [0.2, 0.25) is 11.8 Å². The van der Waals surface area contributed by atoms with Gasteiger partial charge in [0.25, 0.3) is 0 Å². The minimum Gasteiger partial charge on any atom is -0.496 e. The van der Waals surface area contributed by atoms with E-state index in [1.165, 1.54) is 0 Å². The van der Waals surface area contributed by atoms with Crippen LogP contribution in [0.1, 0.15) is 32.3 Å². The highest BCUT2D eigenvalue weighted by Crippen LogP contribution is 2.24. The van der Waals surface area contributed by atoms with Gasteiger partial charge in [0.15, 0.2) is 0 Å². The lowest BCUT2D eigenvalue weighted by Gasteiger charge is -2.18. The van der Waals surface area contributed by atoms with Crippen LogP contribution in [0.4, 0.5) is 0 Å². The van der Waals surface area contributed by atoms with Gasteiger partial charge < -0.3 is 15.0 Å². The van der Waals surface area contributed by atoms with Gasteiger partial charge in [-0.2, -0.15) is 0 Å². The molecule has 1 fully saturated rings. The fourth-order valence-corrected chi connectivity index (χ4v) is 2.77. The average Bonchev–Trinajstić information content (AvgIpc) is 2.88. The van der Waals surface area contributed by atoms with Gasteiger partial charge in [0.05, 0.1) is 13.0 Å². The van der Waals surface area contributed by atoms with Crippen molar-refractivity contribution in [2.75, 3.05) is 20.2 Å². The van der Waals surface area contributed by atoms with Gasteiger partial charge in [-0.1, -0.05) is 32.0 Å². The van der Waals surface area contributed by atoms with Crippen LogP contribution in [0.25, 0.3) is 0 Å². The van der Waals surface area contributed by atoms with Crippen molar-refractivity contribution in [3.63, 3.8) is 0 Å². The van der Waals surface area contributed by atoms with Gasteiger partial charge in [-0.25, -0.2) is 0 Å². The van der Waals surface area contributed by atoms with Gasteiger partial charge >= 0.3 is 0 Å². The summed E-state index contributed by atoms with van der Waals surface area (Å²) < 4.78 is 5.32. The van der Waals surface area contributed by atoms with Crippen molar-refractivity contribution in [1.29, 1.82) is 0 Å². The first-order valence-corrected chi connectivity index (χ1v) is 8.18. The normalized spacial score (nSPS) is 17.7. The van der Waals surface area contributed by atoms with Crippen LogP contribution < -0.4 is 10.1 Å². The summed E-state index contributed by atoms with van der Waals surface area (Å²) in [5.41, 5.74) is 0.962. The van der Waals surface area contributed by atoms with Crippen molar-refractivity contribution >= 4 is 11.8 Å². The molecule has 0 aliphatic carbocycles. The second-order valence-corrected chi connectivity index (χ2v) is 6.46. The minimum atomic E-state index is -0.246. The Hall–Kier alpha value is -2.04. The summed E-state index contributed by atoms with van der Waals surface area (Å²) in [6.45, 7) is 5.89. The highest BCUT2D eigenvalue weighted by atomic mass is 16.5. The van der Waals surface area contributed by atoms with Crippen LogP contribution in [0.15, 0.2) is 24.3 Å². The molecule has 0 saturated carbocycles. The lowest BCUT2D eigenvalue weighted by molar-refractivity contribution is -0.129. The van der Waals surface area contributed by atoms with E-state index in [9.17, 15) is 9.59 Å². The summed E-state index contributed by atoms with van der Waals surface area (Å²) in [6.07, 6.45) is 1.25. The molecule has 126 valence electrons. The molecule has 1 atom stereocenters.